The molecule has 2 aromatic rings. The predicted octanol–water partition coefficient (Wildman–Crippen LogP) is 2.76. The van der Waals surface area contributed by atoms with Gasteiger partial charge in [-0.15, -0.1) is 0 Å². The fourth-order valence-corrected chi connectivity index (χ4v) is 4.05. The highest BCUT2D eigenvalue weighted by Gasteiger charge is 2.27. The molecule has 2 heterocycles. The third-order valence-electron chi connectivity index (χ3n) is 5.83. The molecular weight excluding hydrogens is 394 g/mol. The third kappa shape index (κ3) is 5.68. The van der Waals surface area contributed by atoms with Crippen LogP contribution in [0.1, 0.15) is 35.6 Å². The van der Waals surface area contributed by atoms with E-state index in [9.17, 15) is 9.90 Å². The van der Waals surface area contributed by atoms with Crippen LogP contribution in [0.15, 0.2) is 42.5 Å². The van der Waals surface area contributed by atoms with E-state index in [0.717, 1.165) is 31.5 Å². The summed E-state index contributed by atoms with van der Waals surface area (Å²) in [5.41, 5.74) is 2.91. The number of ether oxygens (including phenoxy) is 2. The van der Waals surface area contributed by atoms with Crippen LogP contribution in [-0.4, -0.2) is 54.9 Å². The van der Waals surface area contributed by atoms with E-state index in [2.05, 4.69) is 15.5 Å². The second kappa shape index (κ2) is 10.0. The van der Waals surface area contributed by atoms with E-state index < -0.39 is 12.1 Å². The van der Waals surface area contributed by atoms with E-state index in [1.54, 1.807) is 0 Å². The van der Waals surface area contributed by atoms with Gasteiger partial charge in [0.25, 0.3) is 0 Å². The van der Waals surface area contributed by atoms with Crippen LogP contribution in [0.3, 0.4) is 0 Å². The van der Waals surface area contributed by atoms with Crippen molar-refractivity contribution in [2.75, 3.05) is 32.8 Å². The van der Waals surface area contributed by atoms with Crippen LogP contribution in [0.4, 0.5) is 4.79 Å². The Morgan fingerprint density at radius 3 is 2.52 bits per heavy atom. The fourth-order valence-electron chi connectivity index (χ4n) is 4.05. The topological polar surface area (TPSA) is 83.1 Å². The molecular formula is C24H31N3O4. The first-order chi connectivity index (χ1) is 15.1. The van der Waals surface area contributed by atoms with Crippen molar-refractivity contribution in [1.29, 1.82) is 0 Å². The summed E-state index contributed by atoms with van der Waals surface area (Å²) in [4.78, 5) is 14.9. The number of likely N-dealkylation sites (tertiary alicyclic amines) is 1. The Hall–Kier alpha value is -2.77. The van der Waals surface area contributed by atoms with Gasteiger partial charge in [0.05, 0.1) is 6.04 Å². The fraction of sp³-hybridized carbons (Fsp3) is 0.458. The summed E-state index contributed by atoms with van der Waals surface area (Å²) in [7, 11) is 0. The number of hydrogen-bond acceptors (Lipinski definition) is 5. The monoisotopic (exact) mass is 425 g/mol. The zero-order valence-electron chi connectivity index (χ0n) is 18.0. The van der Waals surface area contributed by atoms with E-state index in [1.807, 2.05) is 49.4 Å². The summed E-state index contributed by atoms with van der Waals surface area (Å²) in [6.07, 6.45) is 1.43. The van der Waals surface area contributed by atoms with Gasteiger partial charge in [-0.05, 0) is 56.1 Å². The number of aryl methyl sites for hydroxylation is 1. The highest BCUT2D eigenvalue weighted by atomic mass is 16.6. The summed E-state index contributed by atoms with van der Waals surface area (Å²) in [5.74, 6) is 1.31. The summed E-state index contributed by atoms with van der Waals surface area (Å²) in [6, 6.07) is 12.8. The van der Waals surface area contributed by atoms with E-state index >= 15 is 0 Å². The van der Waals surface area contributed by atoms with Crippen molar-refractivity contribution in [2.24, 2.45) is 0 Å². The van der Waals surface area contributed by atoms with E-state index in [1.165, 1.54) is 5.56 Å². The molecule has 2 aromatic carbocycles. The molecule has 3 N–H and O–H groups in total. The number of amides is 2. The Balaban J connectivity index is 1.42. The third-order valence-corrected chi connectivity index (χ3v) is 5.83. The molecule has 31 heavy (non-hydrogen) atoms. The Labute approximate surface area is 183 Å². The first-order valence-corrected chi connectivity index (χ1v) is 11.0. The number of nitrogens with one attached hydrogen (secondary N) is 2. The first kappa shape index (κ1) is 21.5. The second-order valence-electron chi connectivity index (χ2n) is 8.27. The van der Waals surface area contributed by atoms with Gasteiger partial charge in [-0.25, -0.2) is 4.79 Å². The highest BCUT2D eigenvalue weighted by Crippen LogP contribution is 2.33. The first-order valence-electron chi connectivity index (χ1n) is 11.0. The molecule has 0 aliphatic carbocycles. The number of aliphatic hydroxyl groups is 1. The molecule has 7 heteroatoms. The largest absolute Gasteiger partial charge is 0.486 e. The zero-order chi connectivity index (χ0) is 21.6. The number of carbonyl (C=O) groups excluding carboxylic acids is 1. The van der Waals surface area contributed by atoms with E-state index in [-0.39, 0.29) is 6.03 Å². The molecule has 0 radical (unpaired) electrons. The number of rotatable bonds is 7. The molecule has 4 rings (SSSR count). The molecule has 2 aliphatic heterocycles. The number of urea groups is 1. The van der Waals surface area contributed by atoms with Gasteiger partial charge in [0, 0.05) is 13.1 Å². The van der Waals surface area contributed by atoms with Crippen LogP contribution in [0.5, 0.6) is 11.5 Å². The van der Waals surface area contributed by atoms with Crippen molar-refractivity contribution >= 4 is 6.03 Å². The molecule has 0 bridgehead atoms. The van der Waals surface area contributed by atoms with Crippen LogP contribution in [-0.2, 0) is 6.54 Å². The molecule has 0 saturated carbocycles. The van der Waals surface area contributed by atoms with Crippen LogP contribution in [0, 0.1) is 6.92 Å². The minimum Gasteiger partial charge on any atom is -0.486 e. The summed E-state index contributed by atoms with van der Waals surface area (Å²) < 4.78 is 11.2. The Kier molecular flexibility index (Phi) is 6.94. The molecule has 0 aromatic heterocycles. The predicted molar refractivity (Wildman–Crippen MR) is 118 cm³/mol. The summed E-state index contributed by atoms with van der Waals surface area (Å²) in [6.45, 7) is 6.04. The maximum absolute atomic E-state index is 12.6. The molecule has 2 unspecified atom stereocenters. The maximum Gasteiger partial charge on any atom is 0.315 e. The van der Waals surface area contributed by atoms with Crippen LogP contribution < -0.4 is 20.1 Å². The number of benzene rings is 2. The van der Waals surface area contributed by atoms with Crippen LogP contribution >= 0.6 is 0 Å². The quantitative estimate of drug-likeness (QED) is 0.635. The van der Waals surface area contributed by atoms with Gasteiger partial charge in [-0.2, -0.15) is 0 Å². The SMILES string of the molecule is Cc1ccc(CNC(=O)NC(CN2CCCC2)C(O)c2ccc3c(c2)OCCO3)cc1. The normalized spacial score (nSPS) is 17.7. The average molecular weight is 426 g/mol. The number of aliphatic hydroxyl groups excluding tert-OH is 1. The van der Waals surface area contributed by atoms with Crippen molar-refractivity contribution in [3.63, 3.8) is 0 Å². The van der Waals surface area contributed by atoms with Crippen LogP contribution in [0.25, 0.3) is 0 Å². The van der Waals surface area contributed by atoms with Crippen molar-refractivity contribution in [2.45, 2.75) is 38.5 Å². The van der Waals surface area contributed by atoms with Crippen molar-refractivity contribution < 1.29 is 19.4 Å². The zero-order valence-corrected chi connectivity index (χ0v) is 18.0. The summed E-state index contributed by atoms with van der Waals surface area (Å²) in [5, 5.41) is 17.0. The molecule has 166 valence electrons. The lowest BCUT2D eigenvalue weighted by atomic mass is 10.0. The minimum atomic E-state index is -0.860. The highest BCUT2D eigenvalue weighted by molar-refractivity contribution is 5.74. The number of hydrogen-bond donors (Lipinski definition) is 3. The van der Waals surface area contributed by atoms with Crippen LogP contribution in [0.2, 0.25) is 0 Å². The van der Waals surface area contributed by atoms with Gasteiger partial charge in [0.2, 0.25) is 0 Å². The Bertz CT molecular complexity index is 881. The number of fused-ring (bicyclic) bond motifs is 1. The summed E-state index contributed by atoms with van der Waals surface area (Å²) >= 11 is 0. The molecule has 0 spiro atoms. The van der Waals surface area contributed by atoms with Gasteiger partial charge in [-0.1, -0.05) is 35.9 Å². The number of carbonyl (C=O) groups is 1. The van der Waals surface area contributed by atoms with E-state index in [4.69, 9.17) is 9.47 Å². The molecule has 1 fully saturated rings. The van der Waals surface area contributed by atoms with Gasteiger partial charge in [0.15, 0.2) is 11.5 Å². The lowest BCUT2D eigenvalue weighted by Crippen LogP contribution is -2.49. The smallest absolute Gasteiger partial charge is 0.315 e. The molecule has 2 atom stereocenters. The van der Waals surface area contributed by atoms with Crippen molar-refractivity contribution in [3.8, 4) is 11.5 Å². The average Bonchev–Trinajstić information content (AvgIpc) is 3.30. The molecule has 2 aliphatic rings. The van der Waals surface area contributed by atoms with Crippen molar-refractivity contribution in [1.82, 2.24) is 15.5 Å². The van der Waals surface area contributed by atoms with Gasteiger partial charge >= 0.3 is 6.03 Å². The van der Waals surface area contributed by atoms with E-state index in [0.29, 0.717) is 43.4 Å². The molecule has 7 nitrogen and oxygen atoms in total. The van der Waals surface area contributed by atoms with Gasteiger partial charge < -0.3 is 30.1 Å². The Morgan fingerprint density at radius 2 is 1.77 bits per heavy atom. The van der Waals surface area contributed by atoms with Crippen molar-refractivity contribution in [3.05, 3.63) is 59.2 Å². The maximum atomic E-state index is 12.6. The molecule has 1 saturated heterocycles. The lowest BCUT2D eigenvalue weighted by Gasteiger charge is -2.29. The standard InChI is InChI=1S/C24H31N3O4/c1-17-4-6-18(7-5-17)15-25-24(29)26-20(16-27-10-2-3-11-27)23(28)19-8-9-21-22(14-19)31-13-12-30-21/h4-9,14,20,23,28H,2-3,10-13,15-16H2,1H3,(H2,25,26,29). The van der Waals surface area contributed by atoms with Gasteiger partial charge in [-0.3, -0.25) is 0 Å². The minimum absolute atomic E-state index is 0.290. The lowest BCUT2D eigenvalue weighted by molar-refractivity contribution is 0.108. The molecule has 2 amide bonds. The second-order valence-corrected chi connectivity index (χ2v) is 8.27. The Morgan fingerprint density at radius 1 is 1.06 bits per heavy atom. The van der Waals surface area contributed by atoms with Gasteiger partial charge in [0.1, 0.15) is 19.3 Å². The number of nitrogens with zero attached hydrogens (tertiary/aromatic N) is 1.